The lowest BCUT2D eigenvalue weighted by molar-refractivity contribution is -0.161. The van der Waals surface area contributed by atoms with Gasteiger partial charge in [0, 0.05) is 45.7 Å². The van der Waals surface area contributed by atoms with Crippen molar-refractivity contribution in [2.75, 3.05) is 35.0 Å². The van der Waals surface area contributed by atoms with Gasteiger partial charge in [-0.05, 0) is 66.3 Å². The standard InChI is InChI=1S/C28H35NO8.HI/c1-27(36-5,25(30)31)15-19-13-18-9-10-29-22(11-17-7-8-23(34-3)24(12-17)35-4)21(18)14-20(19)16-28(2,37-6)26(32)33;/h7-8,12-14H,9-11,15-16H2,1-6H3,(H,30,31)(H,32,33);1H. The number of ether oxygens (including phenoxy) is 4. The lowest BCUT2D eigenvalue weighted by Crippen LogP contribution is -2.42. The van der Waals surface area contributed by atoms with Crippen LogP contribution in [0.2, 0.25) is 0 Å². The summed E-state index contributed by atoms with van der Waals surface area (Å²) in [6.45, 7) is 3.61. The molecule has 2 atom stereocenters. The molecule has 2 unspecified atom stereocenters. The molecule has 0 amide bonds. The molecule has 0 saturated heterocycles. The zero-order chi connectivity index (χ0) is 27.4. The van der Waals surface area contributed by atoms with Crippen LogP contribution < -0.4 is 9.47 Å². The molecule has 2 aromatic rings. The molecule has 0 spiro atoms. The molecule has 208 valence electrons. The third-order valence-electron chi connectivity index (χ3n) is 7.10. The van der Waals surface area contributed by atoms with Crippen molar-refractivity contribution in [3.8, 4) is 11.5 Å². The van der Waals surface area contributed by atoms with Gasteiger partial charge in [0.2, 0.25) is 0 Å². The monoisotopic (exact) mass is 641 g/mol. The van der Waals surface area contributed by atoms with Crippen molar-refractivity contribution < 1.29 is 38.7 Å². The quantitative estimate of drug-likeness (QED) is 0.334. The molecule has 3 rings (SSSR count). The smallest absolute Gasteiger partial charge is 0.336 e. The Morgan fingerprint density at radius 2 is 1.42 bits per heavy atom. The SMILES string of the molecule is COc1ccc(CC2=NCCc3cc(CC(C)(OC)C(=O)O)c(CC(C)(OC)C(=O)O)cc32)cc1OC.I. The van der Waals surface area contributed by atoms with Crippen molar-refractivity contribution in [3.05, 3.63) is 58.1 Å². The summed E-state index contributed by atoms with van der Waals surface area (Å²) in [5.74, 6) is -0.943. The van der Waals surface area contributed by atoms with Crippen LogP contribution in [0.25, 0.3) is 0 Å². The van der Waals surface area contributed by atoms with Gasteiger partial charge < -0.3 is 29.2 Å². The van der Waals surface area contributed by atoms with Gasteiger partial charge in [-0.3, -0.25) is 4.99 Å². The highest BCUT2D eigenvalue weighted by atomic mass is 127. The summed E-state index contributed by atoms with van der Waals surface area (Å²) in [6, 6.07) is 9.61. The van der Waals surface area contributed by atoms with E-state index in [1.54, 1.807) is 14.2 Å². The van der Waals surface area contributed by atoms with Crippen molar-refractivity contribution in [1.82, 2.24) is 0 Å². The number of benzene rings is 2. The average Bonchev–Trinajstić information content (AvgIpc) is 2.88. The molecule has 0 fully saturated rings. The Balaban J connectivity index is 0.00000507. The molecule has 0 aliphatic carbocycles. The number of fused-ring (bicyclic) bond motifs is 1. The molecule has 1 aliphatic heterocycles. The minimum Gasteiger partial charge on any atom is -0.493 e. The molecule has 0 bridgehead atoms. The van der Waals surface area contributed by atoms with Crippen LogP contribution in [0.5, 0.6) is 11.5 Å². The van der Waals surface area contributed by atoms with Gasteiger partial charge in [-0.25, -0.2) is 9.59 Å². The van der Waals surface area contributed by atoms with Crippen LogP contribution in [0.15, 0.2) is 35.3 Å². The van der Waals surface area contributed by atoms with Crippen LogP contribution in [0.1, 0.15) is 41.7 Å². The van der Waals surface area contributed by atoms with Gasteiger partial charge >= 0.3 is 11.9 Å². The van der Waals surface area contributed by atoms with E-state index in [-0.39, 0.29) is 36.8 Å². The zero-order valence-electron chi connectivity index (χ0n) is 22.6. The number of hydrogen-bond donors (Lipinski definition) is 2. The predicted octanol–water partition coefficient (Wildman–Crippen LogP) is 3.97. The average molecular weight is 641 g/mol. The summed E-state index contributed by atoms with van der Waals surface area (Å²) in [5, 5.41) is 19.6. The van der Waals surface area contributed by atoms with Crippen molar-refractivity contribution in [2.24, 2.45) is 4.99 Å². The largest absolute Gasteiger partial charge is 0.493 e. The van der Waals surface area contributed by atoms with Gasteiger partial charge in [0.25, 0.3) is 0 Å². The number of aliphatic carboxylic acids is 2. The second-order valence-electron chi connectivity index (χ2n) is 9.56. The van der Waals surface area contributed by atoms with E-state index in [9.17, 15) is 19.8 Å². The van der Waals surface area contributed by atoms with Crippen LogP contribution in [-0.4, -0.2) is 74.0 Å². The summed E-state index contributed by atoms with van der Waals surface area (Å²) in [5.41, 5.74) is 2.22. The number of rotatable bonds is 12. The Hall–Kier alpha value is -2.70. The van der Waals surface area contributed by atoms with Crippen LogP contribution >= 0.6 is 24.0 Å². The maximum atomic E-state index is 12.0. The maximum absolute atomic E-state index is 12.0. The number of carboxylic acids is 2. The van der Waals surface area contributed by atoms with E-state index in [4.69, 9.17) is 23.9 Å². The Bertz CT molecular complexity index is 1210. The fraction of sp³-hybridized carbons (Fsp3) is 0.464. The van der Waals surface area contributed by atoms with Crippen LogP contribution in [0.3, 0.4) is 0 Å². The molecule has 9 nitrogen and oxygen atoms in total. The molecule has 10 heteroatoms. The molecular weight excluding hydrogens is 605 g/mol. The number of methoxy groups -OCH3 is 4. The van der Waals surface area contributed by atoms with Crippen molar-refractivity contribution in [3.63, 3.8) is 0 Å². The van der Waals surface area contributed by atoms with Crippen molar-refractivity contribution >= 4 is 41.6 Å². The normalized spacial score (nSPS) is 15.7. The Kier molecular flexibility index (Phi) is 10.7. The van der Waals surface area contributed by atoms with Gasteiger partial charge in [0.15, 0.2) is 22.7 Å². The highest BCUT2D eigenvalue weighted by Gasteiger charge is 2.38. The minimum atomic E-state index is -1.50. The fourth-order valence-corrected chi connectivity index (χ4v) is 4.47. The van der Waals surface area contributed by atoms with E-state index >= 15 is 0 Å². The number of carbonyl (C=O) groups is 2. The van der Waals surface area contributed by atoms with Gasteiger partial charge in [-0.15, -0.1) is 24.0 Å². The molecule has 0 saturated carbocycles. The van der Waals surface area contributed by atoms with Gasteiger partial charge in [-0.2, -0.15) is 0 Å². The van der Waals surface area contributed by atoms with Crippen LogP contribution in [0, 0.1) is 0 Å². The van der Waals surface area contributed by atoms with Crippen molar-refractivity contribution in [1.29, 1.82) is 0 Å². The number of aliphatic imine (C=N–C) groups is 1. The third-order valence-corrected chi connectivity index (χ3v) is 7.10. The molecule has 0 radical (unpaired) electrons. The number of hydrogen-bond acceptors (Lipinski definition) is 7. The first-order chi connectivity index (χ1) is 17.5. The summed E-state index contributed by atoms with van der Waals surface area (Å²) in [4.78, 5) is 28.8. The highest BCUT2D eigenvalue weighted by molar-refractivity contribution is 14.0. The molecule has 2 aromatic carbocycles. The first-order valence-electron chi connectivity index (χ1n) is 12.0. The lowest BCUT2D eigenvalue weighted by Gasteiger charge is -2.29. The Labute approximate surface area is 240 Å². The van der Waals surface area contributed by atoms with E-state index in [0.29, 0.717) is 42.0 Å². The van der Waals surface area contributed by atoms with Gasteiger partial charge in [0.05, 0.1) is 14.2 Å². The fourth-order valence-electron chi connectivity index (χ4n) is 4.47. The predicted molar refractivity (Wildman–Crippen MR) is 154 cm³/mol. The van der Waals surface area contributed by atoms with Gasteiger partial charge in [-0.1, -0.05) is 12.1 Å². The first kappa shape index (κ1) is 31.5. The second-order valence-corrected chi connectivity index (χ2v) is 9.56. The lowest BCUT2D eigenvalue weighted by atomic mass is 9.82. The molecule has 1 aliphatic rings. The Morgan fingerprint density at radius 3 is 1.92 bits per heavy atom. The molecule has 0 aromatic heterocycles. The summed E-state index contributed by atoms with van der Waals surface area (Å²) < 4.78 is 21.5. The summed E-state index contributed by atoms with van der Waals surface area (Å²) in [7, 11) is 5.88. The third kappa shape index (κ3) is 6.65. The molecule has 2 N–H and O–H groups in total. The Morgan fingerprint density at radius 1 is 0.868 bits per heavy atom. The topological polar surface area (TPSA) is 124 Å². The van der Waals surface area contributed by atoms with Crippen molar-refractivity contribution in [2.45, 2.75) is 50.7 Å². The number of carboxylic acid groups (broad SMARTS) is 2. The van der Waals surface area contributed by atoms with E-state index in [1.165, 1.54) is 28.1 Å². The van der Waals surface area contributed by atoms with Gasteiger partial charge in [0.1, 0.15) is 0 Å². The van der Waals surface area contributed by atoms with E-state index in [2.05, 4.69) is 0 Å². The molecule has 38 heavy (non-hydrogen) atoms. The second kappa shape index (κ2) is 12.9. The first-order valence-corrected chi connectivity index (χ1v) is 12.0. The van der Waals surface area contributed by atoms with Crippen LogP contribution in [-0.2, 0) is 44.7 Å². The summed E-state index contributed by atoms with van der Waals surface area (Å²) >= 11 is 0. The van der Waals surface area contributed by atoms with E-state index in [1.807, 2.05) is 30.3 Å². The molecular formula is C28H36INO8. The molecule has 1 heterocycles. The van der Waals surface area contributed by atoms with Crippen LogP contribution in [0.4, 0.5) is 0 Å². The zero-order valence-corrected chi connectivity index (χ0v) is 25.0. The number of halogens is 1. The van der Waals surface area contributed by atoms with E-state index in [0.717, 1.165) is 22.4 Å². The van der Waals surface area contributed by atoms with E-state index < -0.39 is 23.1 Å². The highest BCUT2D eigenvalue weighted by Crippen LogP contribution is 2.32. The maximum Gasteiger partial charge on any atom is 0.336 e. The summed E-state index contributed by atoms with van der Waals surface area (Å²) in [6.07, 6.45) is 1.35. The minimum absolute atomic E-state index is 0. The number of nitrogens with zero attached hydrogens (tertiary/aromatic N) is 1.